The molecule has 92 valence electrons. The largest absolute Gasteiger partial charge is 0.442 e. The molecule has 2 aromatic heterocycles. The summed E-state index contributed by atoms with van der Waals surface area (Å²) in [5, 5.41) is 9.77. The van der Waals surface area contributed by atoms with E-state index in [0.717, 1.165) is 0 Å². The molecule has 0 unspecified atom stereocenters. The molecular weight excluding hydrogens is 244 g/mol. The van der Waals surface area contributed by atoms with Crippen LogP contribution in [0.5, 0.6) is 11.6 Å². The van der Waals surface area contributed by atoms with Crippen molar-refractivity contribution in [3.8, 4) is 17.7 Å². The number of fused-ring (bicyclic) bond motifs is 1. The van der Waals surface area contributed by atoms with E-state index >= 15 is 0 Å². The second-order valence-electron chi connectivity index (χ2n) is 3.75. The standard InChI is InChI=1S/C13H8N4O2/c14-5-11-12(8-3-1-2-4-10(8)18-11)19-13-9(15)6-16-7-17-13/h1-4,6-7H,15H2. The van der Waals surface area contributed by atoms with Crippen LogP contribution < -0.4 is 10.5 Å². The number of nitrogen functional groups attached to an aromatic ring is 1. The molecule has 3 rings (SSSR count). The number of furan rings is 1. The molecule has 6 heteroatoms. The van der Waals surface area contributed by atoms with Crippen molar-refractivity contribution in [3.05, 3.63) is 42.5 Å². The highest BCUT2D eigenvalue weighted by Gasteiger charge is 2.17. The van der Waals surface area contributed by atoms with Gasteiger partial charge in [-0.3, -0.25) is 0 Å². The lowest BCUT2D eigenvalue weighted by molar-refractivity contribution is 0.451. The van der Waals surface area contributed by atoms with Crippen LogP contribution in [0.2, 0.25) is 0 Å². The third-order valence-electron chi connectivity index (χ3n) is 2.55. The molecule has 0 saturated heterocycles. The third-order valence-corrected chi connectivity index (χ3v) is 2.55. The van der Waals surface area contributed by atoms with Crippen LogP contribution in [0, 0.1) is 11.3 Å². The van der Waals surface area contributed by atoms with Crippen molar-refractivity contribution in [2.75, 3.05) is 5.73 Å². The lowest BCUT2D eigenvalue weighted by Crippen LogP contribution is -1.96. The van der Waals surface area contributed by atoms with Crippen LogP contribution in [-0.4, -0.2) is 9.97 Å². The number of hydrogen-bond donors (Lipinski definition) is 1. The van der Waals surface area contributed by atoms with Crippen molar-refractivity contribution in [3.63, 3.8) is 0 Å². The Labute approximate surface area is 108 Å². The average Bonchev–Trinajstić information content (AvgIpc) is 2.79. The molecule has 0 atom stereocenters. The van der Waals surface area contributed by atoms with Crippen LogP contribution in [0.25, 0.3) is 11.0 Å². The lowest BCUT2D eigenvalue weighted by Gasteiger charge is -2.04. The predicted octanol–water partition coefficient (Wildman–Crippen LogP) is 2.47. The van der Waals surface area contributed by atoms with Crippen molar-refractivity contribution in [2.45, 2.75) is 0 Å². The first-order valence-electron chi connectivity index (χ1n) is 5.44. The van der Waals surface area contributed by atoms with Crippen LogP contribution in [0.3, 0.4) is 0 Å². The molecule has 0 bridgehead atoms. The Morgan fingerprint density at radius 3 is 2.95 bits per heavy atom. The third kappa shape index (κ3) is 1.83. The molecule has 19 heavy (non-hydrogen) atoms. The Bertz CT molecular complexity index is 789. The fraction of sp³-hybridized carbons (Fsp3) is 0. The Hall–Kier alpha value is -3.07. The van der Waals surface area contributed by atoms with E-state index in [4.69, 9.17) is 20.1 Å². The van der Waals surface area contributed by atoms with Crippen LogP contribution >= 0.6 is 0 Å². The van der Waals surface area contributed by atoms with E-state index in [2.05, 4.69) is 9.97 Å². The van der Waals surface area contributed by atoms with E-state index < -0.39 is 0 Å². The Kier molecular flexibility index (Phi) is 2.50. The number of aromatic nitrogens is 2. The van der Waals surface area contributed by atoms with Gasteiger partial charge in [-0.05, 0) is 12.1 Å². The van der Waals surface area contributed by atoms with Gasteiger partial charge in [-0.1, -0.05) is 12.1 Å². The summed E-state index contributed by atoms with van der Waals surface area (Å²) in [6, 6.07) is 9.15. The van der Waals surface area contributed by atoms with E-state index in [9.17, 15) is 0 Å². The zero-order chi connectivity index (χ0) is 13.2. The van der Waals surface area contributed by atoms with Gasteiger partial charge in [-0.2, -0.15) is 10.2 Å². The maximum absolute atomic E-state index is 9.08. The molecule has 1 aromatic carbocycles. The summed E-state index contributed by atoms with van der Waals surface area (Å²) in [7, 11) is 0. The average molecular weight is 252 g/mol. The van der Waals surface area contributed by atoms with E-state index in [-0.39, 0.29) is 17.3 Å². The van der Waals surface area contributed by atoms with Gasteiger partial charge in [0.05, 0.1) is 11.6 Å². The second kappa shape index (κ2) is 4.31. The minimum atomic E-state index is 0.0826. The number of ether oxygens (including phenoxy) is 1. The second-order valence-corrected chi connectivity index (χ2v) is 3.75. The van der Waals surface area contributed by atoms with Crippen LogP contribution in [0.15, 0.2) is 41.2 Å². The molecule has 0 amide bonds. The molecule has 0 saturated carbocycles. The van der Waals surface area contributed by atoms with E-state index in [1.54, 1.807) is 12.1 Å². The Balaban J connectivity index is 2.15. The van der Waals surface area contributed by atoms with E-state index in [1.165, 1.54) is 12.5 Å². The van der Waals surface area contributed by atoms with Crippen LogP contribution in [-0.2, 0) is 0 Å². The zero-order valence-corrected chi connectivity index (χ0v) is 9.70. The summed E-state index contributed by atoms with van der Waals surface area (Å²) in [5.74, 6) is 0.584. The molecule has 0 aliphatic heterocycles. The maximum Gasteiger partial charge on any atom is 0.247 e. The van der Waals surface area contributed by atoms with Crippen molar-refractivity contribution in [1.29, 1.82) is 5.26 Å². The number of anilines is 1. The van der Waals surface area contributed by atoms with Crippen molar-refractivity contribution in [1.82, 2.24) is 9.97 Å². The molecule has 6 nitrogen and oxygen atoms in total. The molecule has 0 radical (unpaired) electrons. The summed E-state index contributed by atoms with van der Waals surface area (Å²) in [4.78, 5) is 7.70. The van der Waals surface area contributed by atoms with Crippen molar-refractivity contribution < 1.29 is 9.15 Å². The molecule has 0 aliphatic carbocycles. The van der Waals surface area contributed by atoms with Gasteiger partial charge in [-0.25, -0.2) is 4.98 Å². The molecule has 3 aromatic rings. The van der Waals surface area contributed by atoms with Gasteiger partial charge < -0.3 is 14.9 Å². The van der Waals surface area contributed by atoms with Gasteiger partial charge in [0, 0.05) is 0 Å². The van der Waals surface area contributed by atoms with Crippen LogP contribution in [0.1, 0.15) is 5.76 Å². The first-order chi connectivity index (χ1) is 9.29. The van der Waals surface area contributed by atoms with E-state index in [0.29, 0.717) is 16.7 Å². The quantitative estimate of drug-likeness (QED) is 0.752. The molecule has 0 fully saturated rings. The first-order valence-corrected chi connectivity index (χ1v) is 5.44. The van der Waals surface area contributed by atoms with Gasteiger partial charge in [-0.15, -0.1) is 0 Å². The highest BCUT2D eigenvalue weighted by atomic mass is 16.5. The first kappa shape index (κ1) is 11.0. The Morgan fingerprint density at radius 1 is 1.32 bits per heavy atom. The summed E-state index contributed by atoms with van der Waals surface area (Å²) >= 11 is 0. The summed E-state index contributed by atoms with van der Waals surface area (Å²) in [6.45, 7) is 0. The molecule has 0 spiro atoms. The number of nitriles is 1. The smallest absolute Gasteiger partial charge is 0.247 e. The monoisotopic (exact) mass is 252 g/mol. The number of para-hydroxylation sites is 1. The number of nitrogens with zero attached hydrogens (tertiary/aromatic N) is 3. The number of nitrogens with two attached hydrogens (primary N) is 1. The fourth-order valence-corrected chi connectivity index (χ4v) is 1.71. The van der Waals surface area contributed by atoms with Crippen LogP contribution in [0.4, 0.5) is 5.69 Å². The molecule has 0 aliphatic rings. The van der Waals surface area contributed by atoms with Gasteiger partial charge in [0.25, 0.3) is 0 Å². The SMILES string of the molecule is N#Cc1oc2ccccc2c1Oc1ncncc1N. The summed E-state index contributed by atoms with van der Waals surface area (Å²) in [5.41, 5.74) is 6.57. The number of benzene rings is 1. The zero-order valence-electron chi connectivity index (χ0n) is 9.70. The lowest BCUT2D eigenvalue weighted by atomic mass is 10.2. The molecule has 2 heterocycles. The minimum Gasteiger partial charge on any atom is -0.442 e. The summed E-state index contributed by atoms with van der Waals surface area (Å²) in [6.07, 6.45) is 2.75. The van der Waals surface area contributed by atoms with Gasteiger partial charge in [0.2, 0.25) is 11.6 Å². The number of hydrogen-bond acceptors (Lipinski definition) is 6. The molecular formula is C13H8N4O2. The topological polar surface area (TPSA) is 98.0 Å². The number of rotatable bonds is 2. The highest BCUT2D eigenvalue weighted by molar-refractivity contribution is 5.86. The highest BCUT2D eigenvalue weighted by Crippen LogP contribution is 2.36. The predicted molar refractivity (Wildman–Crippen MR) is 67.4 cm³/mol. The Morgan fingerprint density at radius 2 is 2.16 bits per heavy atom. The normalized spacial score (nSPS) is 10.3. The summed E-state index contributed by atoms with van der Waals surface area (Å²) < 4.78 is 11.0. The maximum atomic E-state index is 9.08. The van der Waals surface area contributed by atoms with E-state index in [1.807, 2.05) is 18.2 Å². The van der Waals surface area contributed by atoms with Crippen molar-refractivity contribution >= 4 is 16.7 Å². The molecule has 2 N–H and O–H groups in total. The minimum absolute atomic E-state index is 0.0826. The van der Waals surface area contributed by atoms with Gasteiger partial charge in [0.15, 0.2) is 5.75 Å². The van der Waals surface area contributed by atoms with Gasteiger partial charge >= 0.3 is 0 Å². The van der Waals surface area contributed by atoms with Gasteiger partial charge in [0.1, 0.15) is 23.7 Å². The fourth-order valence-electron chi connectivity index (χ4n) is 1.71. The van der Waals surface area contributed by atoms with Crippen molar-refractivity contribution in [2.24, 2.45) is 0 Å².